The van der Waals surface area contributed by atoms with Crippen LogP contribution in [0.5, 0.6) is 0 Å². The lowest BCUT2D eigenvalue weighted by Gasteiger charge is -2.23. The Morgan fingerprint density at radius 2 is 1.89 bits per heavy atom. The molecule has 1 aromatic rings. The van der Waals surface area contributed by atoms with Gasteiger partial charge in [0.25, 0.3) is 0 Å². The summed E-state index contributed by atoms with van der Waals surface area (Å²) in [5.41, 5.74) is 1.33. The van der Waals surface area contributed by atoms with Gasteiger partial charge in [0, 0.05) is 11.1 Å². The molecule has 0 heterocycles. The molecular weight excluding hydrogens is 242 g/mol. The van der Waals surface area contributed by atoms with Crippen LogP contribution in [-0.4, -0.2) is 12.6 Å². The number of rotatable bonds is 8. The van der Waals surface area contributed by atoms with Crippen molar-refractivity contribution in [2.75, 3.05) is 6.54 Å². The zero-order chi connectivity index (χ0) is 13.4. The summed E-state index contributed by atoms with van der Waals surface area (Å²) < 4.78 is 0. The van der Waals surface area contributed by atoms with Gasteiger partial charge in [0.1, 0.15) is 0 Å². The van der Waals surface area contributed by atoms with Crippen LogP contribution >= 0.6 is 11.6 Å². The molecule has 102 valence electrons. The summed E-state index contributed by atoms with van der Waals surface area (Å²) in [6, 6.07) is 8.80. The van der Waals surface area contributed by atoms with Crippen LogP contribution in [0.25, 0.3) is 0 Å². The third kappa shape index (κ3) is 5.41. The molecule has 0 aliphatic heterocycles. The van der Waals surface area contributed by atoms with Crippen molar-refractivity contribution < 1.29 is 0 Å². The quantitative estimate of drug-likeness (QED) is 0.721. The Bertz CT molecular complexity index is 334. The van der Waals surface area contributed by atoms with Crippen LogP contribution in [0.3, 0.4) is 0 Å². The number of benzene rings is 1. The van der Waals surface area contributed by atoms with Crippen LogP contribution in [0.1, 0.15) is 45.6 Å². The Labute approximate surface area is 117 Å². The molecule has 0 radical (unpaired) electrons. The van der Waals surface area contributed by atoms with Crippen molar-refractivity contribution in [3.05, 3.63) is 34.9 Å². The molecule has 1 rings (SSSR count). The monoisotopic (exact) mass is 267 g/mol. The lowest BCUT2D eigenvalue weighted by Crippen LogP contribution is -2.33. The van der Waals surface area contributed by atoms with Gasteiger partial charge in [-0.2, -0.15) is 0 Å². The first-order valence-corrected chi connectivity index (χ1v) is 7.55. The summed E-state index contributed by atoms with van der Waals surface area (Å²) in [5, 5.41) is 4.44. The summed E-state index contributed by atoms with van der Waals surface area (Å²) in [6.45, 7) is 7.79. The van der Waals surface area contributed by atoms with Gasteiger partial charge in [-0.3, -0.25) is 0 Å². The van der Waals surface area contributed by atoms with E-state index < -0.39 is 0 Å². The third-order valence-electron chi connectivity index (χ3n) is 3.64. The molecule has 0 aliphatic rings. The second kappa shape index (κ2) is 8.55. The predicted molar refractivity (Wildman–Crippen MR) is 81.3 cm³/mol. The molecule has 18 heavy (non-hydrogen) atoms. The van der Waals surface area contributed by atoms with Crippen LogP contribution in [0.15, 0.2) is 24.3 Å². The van der Waals surface area contributed by atoms with E-state index >= 15 is 0 Å². The summed E-state index contributed by atoms with van der Waals surface area (Å²) in [4.78, 5) is 0. The van der Waals surface area contributed by atoms with E-state index in [0.717, 1.165) is 23.9 Å². The van der Waals surface area contributed by atoms with E-state index in [4.69, 9.17) is 11.6 Å². The molecule has 2 heteroatoms. The van der Waals surface area contributed by atoms with Crippen molar-refractivity contribution in [1.82, 2.24) is 5.32 Å². The van der Waals surface area contributed by atoms with Crippen molar-refractivity contribution in [2.24, 2.45) is 5.92 Å². The molecule has 0 saturated carbocycles. The van der Waals surface area contributed by atoms with Gasteiger partial charge < -0.3 is 5.32 Å². The Kier molecular flexibility index (Phi) is 7.38. The Morgan fingerprint density at radius 3 is 2.44 bits per heavy atom. The molecule has 0 aromatic heterocycles. The molecular formula is C16H26ClN. The zero-order valence-electron chi connectivity index (χ0n) is 11.9. The largest absolute Gasteiger partial charge is 0.314 e. The van der Waals surface area contributed by atoms with Gasteiger partial charge in [0.2, 0.25) is 0 Å². The number of likely N-dealkylation sites (N-methyl/N-ethyl adjacent to an activating group) is 1. The van der Waals surface area contributed by atoms with Gasteiger partial charge in [-0.05, 0) is 43.0 Å². The van der Waals surface area contributed by atoms with Gasteiger partial charge in [0.15, 0.2) is 0 Å². The second-order valence-electron chi connectivity index (χ2n) is 5.01. The smallest absolute Gasteiger partial charge is 0.0408 e. The summed E-state index contributed by atoms with van der Waals surface area (Å²) in [7, 11) is 0. The van der Waals surface area contributed by atoms with Crippen LogP contribution in [0, 0.1) is 5.92 Å². The van der Waals surface area contributed by atoms with Crippen molar-refractivity contribution in [3.8, 4) is 0 Å². The Hall–Kier alpha value is -0.530. The van der Waals surface area contributed by atoms with Crippen molar-refractivity contribution in [1.29, 1.82) is 0 Å². The van der Waals surface area contributed by atoms with E-state index in [1.165, 1.54) is 24.8 Å². The molecule has 0 bridgehead atoms. The van der Waals surface area contributed by atoms with Gasteiger partial charge in [0.05, 0.1) is 0 Å². The second-order valence-corrected chi connectivity index (χ2v) is 5.44. The number of nitrogens with one attached hydrogen (secondary N) is 1. The Balaban J connectivity index is 2.61. The highest BCUT2D eigenvalue weighted by Gasteiger charge is 2.14. The van der Waals surface area contributed by atoms with E-state index in [0.29, 0.717) is 6.04 Å². The maximum Gasteiger partial charge on any atom is 0.0408 e. The molecule has 0 spiro atoms. The van der Waals surface area contributed by atoms with Gasteiger partial charge in [-0.15, -0.1) is 0 Å². The first-order valence-electron chi connectivity index (χ1n) is 7.17. The first kappa shape index (κ1) is 15.5. The molecule has 1 nitrogen and oxygen atoms in total. The highest BCUT2D eigenvalue weighted by molar-refractivity contribution is 6.30. The predicted octanol–water partition coefficient (Wildman–Crippen LogP) is 4.69. The third-order valence-corrected chi connectivity index (χ3v) is 3.87. The molecule has 1 N–H and O–H groups in total. The summed E-state index contributed by atoms with van der Waals surface area (Å²) in [5.74, 6) is 0.827. The van der Waals surface area contributed by atoms with Gasteiger partial charge >= 0.3 is 0 Å². The molecule has 0 amide bonds. The summed E-state index contributed by atoms with van der Waals surface area (Å²) >= 11 is 6.05. The molecule has 1 unspecified atom stereocenters. The number of hydrogen-bond acceptors (Lipinski definition) is 1. The van der Waals surface area contributed by atoms with Crippen molar-refractivity contribution in [3.63, 3.8) is 0 Å². The van der Waals surface area contributed by atoms with E-state index in [1.54, 1.807) is 0 Å². The minimum atomic E-state index is 0.568. The van der Waals surface area contributed by atoms with Crippen LogP contribution in [0.2, 0.25) is 5.02 Å². The van der Waals surface area contributed by atoms with E-state index in [9.17, 15) is 0 Å². The van der Waals surface area contributed by atoms with Crippen LogP contribution in [-0.2, 0) is 6.42 Å². The highest BCUT2D eigenvalue weighted by atomic mass is 35.5. The fourth-order valence-corrected chi connectivity index (χ4v) is 2.71. The fraction of sp³-hybridized carbons (Fsp3) is 0.625. The SMILES string of the molecule is CCNC(Cc1cccc(Cl)c1)CC(CC)CC. The maximum absolute atomic E-state index is 6.05. The number of halogens is 1. The number of hydrogen-bond donors (Lipinski definition) is 1. The van der Waals surface area contributed by atoms with Gasteiger partial charge in [-0.25, -0.2) is 0 Å². The molecule has 1 aromatic carbocycles. The maximum atomic E-state index is 6.05. The average molecular weight is 268 g/mol. The van der Waals surface area contributed by atoms with E-state index in [-0.39, 0.29) is 0 Å². The minimum Gasteiger partial charge on any atom is -0.314 e. The first-order chi connectivity index (χ1) is 8.69. The minimum absolute atomic E-state index is 0.568. The average Bonchev–Trinajstić information content (AvgIpc) is 2.36. The normalized spacial score (nSPS) is 12.9. The van der Waals surface area contributed by atoms with E-state index in [2.05, 4.69) is 38.2 Å². The Morgan fingerprint density at radius 1 is 1.17 bits per heavy atom. The fourth-order valence-electron chi connectivity index (χ4n) is 2.50. The molecule has 0 saturated heterocycles. The van der Waals surface area contributed by atoms with E-state index in [1.807, 2.05) is 12.1 Å². The molecule has 0 aliphatic carbocycles. The molecule has 1 atom stereocenters. The standard InChI is InChI=1S/C16H26ClN/c1-4-13(5-2)11-16(18-6-3)12-14-8-7-9-15(17)10-14/h7-10,13,16,18H,4-6,11-12H2,1-3H3. The topological polar surface area (TPSA) is 12.0 Å². The van der Waals surface area contributed by atoms with Crippen LogP contribution in [0.4, 0.5) is 0 Å². The zero-order valence-corrected chi connectivity index (χ0v) is 12.6. The van der Waals surface area contributed by atoms with Crippen molar-refractivity contribution in [2.45, 2.75) is 52.5 Å². The van der Waals surface area contributed by atoms with Gasteiger partial charge in [-0.1, -0.05) is 57.3 Å². The lowest BCUT2D eigenvalue weighted by atomic mass is 9.91. The summed E-state index contributed by atoms with van der Waals surface area (Å²) in [6.07, 6.45) is 4.88. The molecule has 0 fully saturated rings. The lowest BCUT2D eigenvalue weighted by molar-refractivity contribution is 0.367. The van der Waals surface area contributed by atoms with Crippen molar-refractivity contribution >= 4 is 11.6 Å². The highest BCUT2D eigenvalue weighted by Crippen LogP contribution is 2.19. The van der Waals surface area contributed by atoms with Crippen LogP contribution < -0.4 is 5.32 Å².